The second-order valence-corrected chi connectivity index (χ2v) is 7.12. The molecule has 2 aromatic carbocycles. The summed E-state index contributed by atoms with van der Waals surface area (Å²) in [4.78, 5) is 22.6. The predicted octanol–water partition coefficient (Wildman–Crippen LogP) is 3.68. The van der Waals surface area contributed by atoms with E-state index in [2.05, 4.69) is 28.2 Å². The van der Waals surface area contributed by atoms with Gasteiger partial charge >= 0.3 is 0 Å². The molecule has 0 fully saturated rings. The van der Waals surface area contributed by atoms with Crippen molar-refractivity contribution in [1.29, 1.82) is 5.26 Å². The third kappa shape index (κ3) is 2.53. The molecule has 1 atom stereocenters. The number of aromatic amines is 1. The van der Waals surface area contributed by atoms with Gasteiger partial charge in [0.25, 0.3) is 5.91 Å². The zero-order chi connectivity index (χ0) is 18.4. The number of nitrogens with one attached hydrogen (secondary N) is 1. The van der Waals surface area contributed by atoms with Gasteiger partial charge in [-0.25, -0.2) is 4.98 Å². The molecule has 132 valence electrons. The quantitative estimate of drug-likeness (QED) is 0.724. The van der Waals surface area contributed by atoms with Gasteiger partial charge in [0.15, 0.2) is 0 Å². The molecular formula is C22H18N4O. The van der Waals surface area contributed by atoms with Crippen molar-refractivity contribution in [2.45, 2.75) is 25.3 Å². The summed E-state index contributed by atoms with van der Waals surface area (Å²) in [6.07, 6.45) is 6.56. The number of carbonyl (C=O) groups is 1. The van der Waals surface area contributed by atoms with Crippen molar-refractivity contribution in [3.8, 4) is 6.07 Å². The molecule has 3 aromatic rings. The number of hydrogen-bond donors (Lipinski definition) is 1. The Labute approximate surface area is 156 Å². The van der Waals surface area contributed by atoms with E-state index in [4.69, 9.17) is 0 Å². The molecule has 1 unspecified atom stereocenters. The van der Waals surface area contributed by atoms with E-state index in [1.165, 1.54) is 11.1 Å². The molecule has 2 aliphatic rings. The molecule has 0 radical (unpaired) electrons. The fourth-order valence-electron chi connectivity index (χ4n) is 4.32. The number of amides is 1. The number of H-pyrrole nitrogens is 1. The molecule has 2 heterocycles. The molecule has 1 aromatic heterocycles. The van der Waals surface area contributed by atoms with Gasteiger partial charge in [-0.2, -0.15) is 5.26 Å². The van der Waals surface area contributed by atoms with E-state index in [0.717, 1.165) is 42.4 Å². The van der Waals surface area contributed by atoms with E-state index in [1.807, 2.05) is 35.2 Å². The monoisotopic (exact) mass is 354 g/mol. The molecule has 0 spiro atoms. The minimum Gasteiger partial charge on any atom is -0.345 e. The van der Waals surface area contributed by atoms with E-state index in [1.54, 1.807) is 6.33 Å². The summed E-state index contributed by atoms with van der Waals surface area (Å²) in [5.74, 6) is 0.0574. The van der Waals surface area contributed by atoms with Crippen molar-refractivity contribution in [3.05, 3.63) is 71.1 Å². The molecule has 1 aliphatic carbocycles. The smallest absolute Gasteiger partial charge is 0.254 e. The zero-order valence-corrected chi connectivity index (χ0v) is 14.8. The lowest BCUT2D eigenvalue weighted by molar-refractivity contribution is 0.0706. The third-order valence-electron chi connectivity index (χ3n) is 5.63. The normalized spacial score (nSPS) is 18.4. The van der Waals surface area contributed by atoms with Crippen LogP contribution in [0.2, 0.25) is 0 Å². The highest BCUT2D eigenvalue weighted by Crippen LogP contribution is 2.38. The number of aromatic nitrogens is 2. The van der Waals surface area contributed by atoms with Crippen molar-refractivity contribution in [3.63, 3.8) is 0 Å². The van der Waals surface area contributed by atoms with Gasteiger partial charge in [0.1, 0.15) is 0 Å². The number of benzene rings is 2. The van der Waals surface area contributed by atoms with Crippen LogP contribution in [0.3, 0.4) is 0 Å². The number of imidazole rings is 1. The number of nitriles is 1. The van der Waals surface area contributed by atoms with E-state index in [9.17, 15) is 10.1 Å². The first-order valence-electron chi connectivity index (χ1n) is 9.22. The van der Waals surface area contributed by atoms with Crippen LogP contribution in [0.25, 0.3) is 16.6 Å². The van der Waals surface area contributed by atoms with Gasteiger partial charge in [-0.15, -0.1) is 0 Å². The molecule has 0 bridgehead atoms. The maximum Gasteiger partial charge on any atom is 0.254 e. The lowest BCUT2D eigenvalue weighted by Gasteiger charge is -2.40. The summed E-state index contributed by atoms with van der Waals surface area (Å²) >= 11 is 0. The standard InChI is InChI=1S/C22H18N4O/c23-12-14-3-4-15-6-8-21-17(18(15)10-14)2-1-9-26(21)22(27)16-5-7-19-20(11-16)25-13-24-19/h2-5,7,10-11,13,21H,1,6,8-9H2,(H,24,25). The Bertz CT molecular complexity index is 1130. The molecular weight excluding hydrogens is 336 g/mol. The summed E-state index contributed by atoms with van der Waals surface area (Å²) in [5, 5.41) is 9.25. The van der Waals surface area contributed by atoms with Crippen molar-refractivity contribution >= 4 is 22.5 Å². The van der Waals surface area contributed by atoms with Gasteiger partial charge in [-0.3, -0.25) is 4.79 Å². The fraction of sp³-hybridized carbons (Fsp3) is 0.227. The highest BCUT2D eigenvalue weighted by Gasteiger charge is 2.34. The van der Waals surface area contributed by atoms with Gasteiger partial charge in [0, 0.05) is 12.1 Å². The molecule has 5 rings (SSSR count). The Hall–Kier alpha value is -3.39. The fourth-order valence-corrected chi connectivity index (χ4v) is 4.32. The number of fused-ring (bicyclic) bond motifs is 4. The first-order valence-corrected chi connectivity index (χ1v) is 9.22. The Morgan fingerprint density at radius 1 is 1.26 bits per heavy atom. The van der Waals surface area contributed by atoms with E-state index >= 15 is 0 Å². The number of aryl methyl sites for hydroxylation is 1. The second kappa shape index (κ2) is 6.10. The largest absolute Gasteiger partial charge is 0.345 e. The van der Waals surface area contributed by atoms with Gasteiger partial charge < -0.3 is 9.88 Å². The van der Waals surface area contributed by atoms with Crippen molar-refractivity contribution in [1.82, 2.24) is 14.9 Å². The third-order valence-corrected chi connectivity index (χ3v) is 5.63. The molecule has 5 heteroatoms. The highest BCUT2D eigenvalue weighted by molar-refractivity contribution is 5.99. The summed E-state index contributed by atoms with van der Waals surface area (Å²) in [6.45, 7) is 0.723. The van der Waals surface area contributed by atoms with Crippen LogP contribution >= 0.6 is 0 Å². The van der Waals surface area contributed by atoms with Crippen molar-refractivity contribution < 1.29 is 4.79 Å². The highest BCUT2D eigenvalue weighted by atomic mass is 16.2. The average Bonchev–Trinajstić information content (AvgIpc) is 3.20. The molecule has 1 amide bonds. The summed E-state index contributed by atoms with van der Waals surface area (Å²) in [7, 11) is 0. The molecule has 1 N–H and O–H groups in total. The summed E-state index contributed by atoms with van der Waals surface area (Å²) in [6, 6.07) is 13.8. The summed E-state index contributed by atoms with van der Waals surface area (Å²) < 4.78 is 0. The maximum absolute atomic E-state index is 13.3. The lowest BCUT2D eigenvalue weighted by atomic mass is 9.80. The minimum atomic E-state index is 0.0574. The predicted molar refractivity (Wildman–Crippen MR) is 103 cm³/mol. The number of rotatable bonds is 1. The topological polar surface area (TPSA) is 72.8 Å². The Morgan fingerprint density at radius 2 is 2.19 bits per heavy atom. The number of nitrogens with zero attached hydrogens (tertiary/aromatic N) is 3. The molecule has 5 nitrogen and oxygen atoms in total. The maximum atomic E-state index is 13.3. The number of carbonyl (C=O) groups excluding carboxylic acids is 1. The van der Waals surface area contributed by atoms with E-state index in [-0.39, 0.29) is 11.9 Å². The van der Waals surface area contributed by atoms with Crippen LogP contribution in [-0.4, -0.2) is 33.4 Å². The van der Waals surface area contributed by atoms with Crippen molar-refractivity contribution in [2.24, 2.45) is 0 Å². The molecule has 27 heavy (non-hydrogen) atoms. The van der Waals surface area contributed by atoms with Gasteiger partial charge in [-0.1, -0.05) is 12.1 Å². The van der Waals surface area contributed by atoms with Crippen LogP contribution in [0.5, 0.6) is 0 Å². The van der Waals surface area contributed by atoms with Gasteiger partial charge in [0.2, 0.25) is 0 Å². The Morgan fingerprint density at radius 3 is 3.07 bits per heavy atom. The zero-order valence-electron chi connectivity index (χ0n) is 14.8. The Balaban J connectivity index is 1.51. The SMILES string of the molecule is N#Cc1ccc2c(c1)C1=CCCN(C(=O)c3ccc4nc[nH]c4c3)C1CC2. The van der Waals surface area contributed by atoms with Crippen molar-refractivity contribution in [2.75, 3.05) is 6.54 Å². The first-order chi connectivity index (χ1) is 13.2. The second-order valence-electron chi connectivity index (χ2n) is 7.12. The van der Waals surface area contributed by atoms with Gasteiger partial charge in [0.05, 0.1) is 35.0 Å². The minimum absolute atomic E-state index is 0.0574. The van der Waals surface area contributed by atoms with Gasteiger partial charge in [-0.05, 0) is 66.3 Å². The Kier molecular flexibility index (Phi) is 3.58. The van der Waals surface area contributed by atoms with E-state index < -0.39 is 0 Å². The summed E-state index contributed by atoms with van der Waals surface area (Å²) in [5.41, 5.74) is 6.68. The van der Waals surface area contributed by atoms with Crippen LogP contribution in [-0.2, 0) is 6.42 Å². The van der Waals surface area contributed by atoms with Crippen LogP contribution in [0.15, 0.2) is 48.8 Å². The molecule has 0 saturated heterocycles. The molecule has 0 saturated carbocycles. The van der Waals surface area contributed by atoms with Crippen LogP contribution in [0, 0.1) is 11.3 Å². The first kappa shape index (κ1) is 15.8. The number of hydrogen-bond acceptors (Lipinski definition) is 3. The lowest BCUT2D eigenvalue weighted by Crippen LogP contribution is -2.45. The average molecular weight is 354 g/mol. The van der Waals surface area contributed by atoms with Crippen LogP contribution < -0.4 is 0 Å². The van der Waals surface area contributed by atoms with Crippen LogP contribution in [0.4, 0.5) is 0 Å². The molecule has 1 aliphatic heterocycles. The van der Waals surface area contributed by atoms with E-state index in [0.29, 0.717) is 11.1 Å². The van der Waals surface area contributed by atoms with Crippen LogP contribution in [0.1, 0.15) is 39.9 Å².